The first-order chi connectivity index (χ1) is 10.1. The Morgan fingerprint density at radius 2 is 2.00 bits per heavy atom. The van der Waals surface area contributed by atoms with Crippen molar-refractivity contribution >= 4 is 33.7 Å². The molecule has 1 aliphatic rings. The van der Waals surface area contributed by atoms with E-state index in [9.17, 15) is 5.11 Å². The maximum atomic E-state index is 9.70. The first-order valence-electron chi connectivity index (χ1n) is 7.32. The number of anilines is 1. The van der Waals surface area contributed by atoms with Gasteiger partial charge in [-0.3, -0.25) is 0 Å². The summed E-state index contributed by atoms with van der Waals surface area (Å²) in [6, 6.07) is 12.5. The van der Waals surface area contributed by atoms with Gasteiger partial charge in [0.15, 0.2) is 0 Å². The minimum absolute atomic E-state index is 0.184. The molecule has 110 valence electrons. The maximum absolute atomic E-state index is 9.70. The molecule has 21 heavy (non-hydrogen) atoms. The number of hydrogen-bond donors (Lipinski definition) is 2. The lowest BCUT2D eigenvalue weighted by Crippen LogP contribution is -2.35. The van der Waals surface area contributed by atoms with Crippen molar-refractivity contribution in [1.82, 2.24) is 0 Å². The van der Waals surface area contributed by atoms with Crippen molar-refractivity contribution in [1.29, 1.82) is 0 Å². The summed E-state index contributed by atoms with van der Waals surface area (Å²) in [7, 11) is 0. The van der Waals surface area contributed by atoms with E-state index in [-0.39, 0.29) is 12.6 Å². The number of fused-ring (bicyclic) bond motifs is 1. The van der Waals surface area contributed by atoms with Crippen molar-refractivity contribution < 1.29 is 5.11 Å². The first kappa shape index (κ1) is 14.3. The van der Waals surface area contributed by atoms with Crippen LogP contribution in [-0.2, 0) is 0 Å². The van der Waals surface area contributed by atoms with Crippen molar-refractivity contribution in [2.75, 3.05) is 18.1 Å². The molecule has 2 atom stereocenters. The third-order valence-electron chi connectivity index (χ3n) is 4.55. The highest BCUT2D eigenvalue weighted by molar-refractivity contribution is 7.80. The summed E-state index contributed by atoms with van der Waals surface area (Å²) in [6.45, 7) is 3.36. The highest BCUT2D eigenvalue weighted by Gasteiger charge is 2.31. The van der Waals surface area contributed by atoms with Crippen LogP contribution in [0.4, 0.5) is 5.69 Å². The predicted octanol–water partition coefficient (Wildman–Crippen LogP) is 2.68. The third kappa shape index (κ3) is 2.39. The molecule has 0 amide bonds. The summed E-state index contributed by atoms with van der Waals surface area (Å²) in [4.78, 5) is 2.74. The van der Waals surface area contributed by atoms with E-state index in [1.165, 1.54) is 0 Å². The molecule has 1 heterocycles. The minimum Gasteiger partial charge on any atom is -0.394 e. The highest BCUT2D eigenvalue weighted by Crippen LogP contribution is 2.35. The van der Waals surface area contributed by atoms with Gasteiger partial charge in [-0.15, -0.1) is 0 Å². The molecule has 0 bridgehead atoms. The summed E-state index contributed by atoms with van der Waals surface area (Å²) in [5, 5.41) is 11.9. The molecule has 1 fully saturated rings. The lowest BCUT2D eigenvalue weighted by molar-refractivity contribution is 0.245. The van der Waals surface area contributed by atoms with Crippen LogP contribution in [0.3, 0.4) is 0 Å². The van der Waals surface area contributed by atoms with Gasteiger partial charge in [-0.1, -0.05) is 43.4 Å². The Balaban J connectivity index is 2.16. The Kier molecular flexibility index (Phi) is 3.83. The van der Waals surface area contributed by atoms with Crippen molar-refractivity contribution in [3.05, 3.63) is 42.0 Å². The summed E-state index contributed by atoms with van der Waals surface area (Å²) < 4.78 is 0. The molecule has 3 N–H and O–H groups in total. The molecule has 2 aromatic carbocycles. The molecule has 0 aliphatic carbocycles. The van der Waals surface area contributed by atoms with Crippen LogP contribution in [0.15, 0.2) is 36.4 Å². The van der Waals surface area contributed by atoms with Gasteiger partial charge in [-0.05, 0) is 29.9 Å². The number of thiocarbonyl (C=S) groups is 1. The zero-order valence-electron chi connectivity index (χ0n) is 12.1. The minimum atomic E-state index is 0.184. The highest BCUT2D eigenvalue weighted by atomic mass is 32.1. The van der Waals surface area contributed by atoms with Crippen LogP contribution in [0.1, 0.15) is 18.9 Å². The van der Waals surface area contributed by atoms with Crippen molar-refractivity contribution in [2.24, 2.45) is 11.7 Å². The smallest absolute Gasteiger partial charge is 0.104 e. The Morgan fingerprint density at radius 1 is 1.29 bits per heavy atom. The second kappa shape index (κ2) is 5.62. The van der Waals surface area contributed by atoms with Crippen molar-refractivity contribution in [3.63, 3.8) is 0 Å². The largest absolute Gasteiger partial charge is 0.394 e. The molecule has 0 spiro atoms. The maximum Gasteiger partial charge on any atom is 0.104 e. The molecule has 2 unspecified atom stereocenters. The molecule has 2 aromatic rings. The Hall–Kier alpha value is -1.65. The topological polar surface area (TPSA) is 49.5 Å². The van der Waals surface area contributed by atoms with Crippen LogP contribution in [0.2, 0.25) is 0 Å². The number of hydrogen-bond acceptors (Lipinski definition) is 3. The van der Waals surface area contributed by atoms with Crippen LogP contribution in [0.5, 0.6) is 0 Å². The molecule has 3 rings (SSSR count). The van der Waals surface area contributed by atoms with E-state index in [1.54, 1.807) is 0 Å². The summed E-state index contributed by atoms with van der Waals surface area (Å²) >= 11 is 5.16. The van der Waals surface area contributed by atoms with E-state index in [4.69, 9.17) is 18.0 Å². The van der Waals surface area contributed by atoms with Crippen LogP contribution in [0.25, 0.3) is 10.8 Å². The van der Waals surface area contributed by atoms with E-state index in [0.29, 0.717) is 10.9 Å². The number of nitrogens with zero attached hydrogens (tertiary/aromatic N) is 1. The fourth-order valence-corrected chi connectivity index (χ4v) is 3.51. The zero-order valence-corrected chi connectivity index (χ0v) is 12.9. The van der Waals surface area contributed by atoms with Crippen LogP contribution in [0, 0.1) is 5.92 Å². The predicted molar refractivity (Wildman–Crippen MR) is 91.8 cm³/mol. The van der Waals surface area contributed by atoms with Gasteiger partial charge in [-0.2, -0.15) is 0 Å². The summed E-state index contributed by atoms with van der Waals surface area (Å²) in [5.74, 6) is 0.504. The quantitative estimate of drug-likeness (QED) is 0.856. The first-order valence-corrected chi connectivity index (χ1v) is 7.73. The van der Waals surface area contributed by atoms with Crippen LogP contribution < -0.4 is 10.6 Å². The third-order valence-corrected chi connectivity index (χ3v) is 4.77. The Morgan fingerprint density at radius 3 is 2.67 bits per heavy atom. The summed E-state index contributed by atoms with van der Waals surface area (Å²) in [5.41, 5.74) is 7.91. The van der Waals surface area contributed by atoms with Gasteiger partial charge in [0.05, 0.1) is 12.6 Å². The molecule has 3 nitrogen and oxygen atoms in total. The number of aliphatic hydroxyl groups is 1. The average molecular weight is 300 g/mol. The van der Waals surface area contributed by atoms with E-state index < -0.39 is 0 Å². The molecule has 0 saturated carbocycles. The molecule has 0 aromatic heterocycles. The normalized spacial score (nSPS) is 21.9. The van der Waals surface area contributed by atoms with Gasteiger partial charge in [0.1, 0.15) is 4.99 Å². The molecule has 1 aliphatic heterocycles. The lowest BCUT2D eigenvalue weighted by atomic mass is 10.0. The monoisotopic (exact) mass is 300 g/mol. The van der Waals surface area contributed by atoms with E-state index in [1.807, 2.05) is 18.2 Å². The van der Waals surface area contributed by atoms with E-state index >= 15 is 0 Å². The molecule has 4 heteroatoms. The number of nitrogens with two attached hydrogens (primary N) is 1. The second-order valence-corrected chi connectivity index (χ2v) is 6.19. The second-order valence-electron chi connectivity index (χ2n) is 5.75. The molecule has 0 radical (unpaired) electrons. The zero-order chi connectivity index (χ0) is 15.0. The van der Waals surface area contributed by atoms with Crippen molar-refractivity contribution in [3.8, 4) is 0 Å². The van der Waals surface area contributed by atoms with Crippen molar-refractivity contribution in [2.45, 2.75) is 19.4 Å². The summed E-state index contributed by atoms with van der Waals surface area (Å²) in [6.07, 6.45) is 1.11. The molecular formula is C17H20N2OS. The van der Waals surface area contributed by atoms with Gasteiger partial charge < -0.3 is 15.7 Å². The van der Waals surface area contributed by atoms with Gasteiger partial charge in [0, 0.05) is 23.2 Å². The average Bonchev–Trinajstić information content (AvgIpc) is 2.86. The van der Waals surface area contributed by atoms with E-state index in [2.05, 4.69) is 30.0 Å². The van der Waals surface area contributed by atoms with Crippen LogP contribution in [-0.4, -0.2) is 29.3 Å². The van der Waals surface area contributed by atoms with Gasteiger partial charge in [-0.25, -0.2) is 0 Å². The lowest BCUT2D eigenvalue weighted by Gasteiger charge is -2.29. The standard InChI is InChI=1S/C17H20N2OS/c1-11-8-9-19(16(11)10-20)15-7-6-14(17(18)21)12-4-2-3-5-13(12)15/h2-7,11,16,20H,8-10H2,1H3,(H2,18,21). The molecular weight excluding hydrogens is 280 g/mol. The van der Waals surface area contributed by atoms with Gasteiger partial charge in [0.25, 0.3) is 0 Å². The molecule has 1 saturated heterocycles. The van der Waals surface area contributed by atoms with Crippen LogP contribution >= 0.6 is 12.2 Å². The van der Waals surface area contributed by atoms with E-state index in [0.717, 1.165) is 35.0 Å². The number of rotatable bonds is 3. The SMILES string of the molecule is CC1CCN(c2ccc(C(N)=S)c3ccccc23)C1CO. The fraction of sp³-hybridized carbons (Fsp3) is 0.353. The Bertz CT molecular complexity index is 686. The number of benzene rings is 2. The Labute approximate surface area is 130 Å². The van der Waals surface area contributed by atoms with Gasteiger partial charge >= 0.3 is 0 Å². The fourth-order valence-electron chi connectivity index (χ4n) is 3.33. The number of aliphatic hydroxyl groups excluding tert-OH is 1. The van der Waals surface area contributed by atoms with Gasteiger partial charge in [0.2, 0.25) is 0 Å².